The summed E-state index contributed by atoms with van der Waals surface area (Å²) in [5.41, 5.74) is 3.53. The van der Waals surface area contributed by atoms with Crippen LogP contribution < -0.4 is 5.32 Å². The predicted molar refractivity (Wildman–Crippen MR) is 109 cm³/mol. The van der Waals surface area contributed by atoms with Crippen LogP contribution in [0.1, 0.15) is 30.9 Å². The van der Waals surface area contributed by atoms with Gasteiger partial charge in [-0.25, -0.2) is 4.68 Å². The molecular formula is C21H17BrN4O2. The van der Waals surface area contributed by atoms with Gasteiger partial charge in [-0.05, 0) is 54.8 Å². The number of hydrogen-bond acceptors (Lipinski definition) is 5. The van der Waals surface area contributed by atoms with Crippen LogP contribution in [0.2, 0.25) is 0 Å². The van der Waals surface area contributed by atoms with Gasteiger partial charge in [0.25, 0.3) is 0 Å². The first-order valence-electron chi connectivity index (χ1n) is 9.15. The molecule has 1 unspecified atom stereocenters. The molecule has 0 spiro atoms. The van der Waals surface area contributed by atoms with E-state index in [1.165, 1.54) is 0 Å². The number of fused-ring (bicyclic) bond motifs is 1. The Morgan fingerprint density at radius 1 is 1.07 bits per heavy atom. The number of nitrogens with zero attached hydrogens (tertiary/aromatic N) is 3. The van der Waals surface area contributed by atoms with E-state index in [2.05, 4.69) is 26.2 Å². The van der Waals surface area contributed by atoms with E-state index in [1.54, 1.807) is 28.9 Å². The van der Waals surface area contributed by atoms with Crippen molar-refractivity contribution in [1.82, 2.24) is 14.8 Å². The topological polar surface area (TPSA) is 80.0 Å². The summed E-state index contributed by atoms with van der Waals surface area (Å²) in [6.45, 7) is 0. The van der Waals surface area contributed by atoms with Crippen LogP contribution in [0.5, 0.6) is 5.75 Å². The second-order valence-electron chi connectivity index (χ2n) is 7.00. The van der Waals surface area contributed by atoms with E-state index in [-0.39, 0.29) is 17.6 Å². The van der Waals surface area contributed by atoms with Gasteiger partial charge in [-0.3, -0.25) is 4.79 Å². The minimum absolute atomic E-state index is 0.161. The van der Waals surface area contributed by atoms with E-state index >= 15 is 0 Å². The number of halogens is 1. The zero-order valence-electron chi connectivity index (χ0n) is 14.9. The first kappa shape index (κ1) is 17.2. The second kappa shape index (κ2) is 6.60. The summed E-state index contributed by atoms with van der Waals surface area (Å²) >= 11 is 3.48. The number of nitrogens with one attached hydrogen (secondary N) is 1. The van der Waals surface area contributed by atoms with Gasteiger partial charge < -0.3 is 10.4 Å². The maximum Gasteiger partial charge on any atom is 0.226 e. The number of ketones is 1. The molecule has 1 atom stereocenters. The van der Waals surface area contributed by atoms with Crippen molar-refractivity contribution >= 4 is 27.7 Å². The first-order valence-corrected chi connectivity index (χ1v) is 9.94. The third-order valence-corrected chi connectivity index (χ3v) is 5.71. The first-order chi connectivity index (χ1) is 13.6. The van der Waals surface area contributed by atoms with Gasteiger partial charge in [0.1, 0.15) is 11.8 Å². The lowest BCUT2D eigenvalue weighted by atomic mass is 9.85. The number of phenolic OH excluding ortho intramolecular Hbond substituents is 1. The smallest absolute Gasteiger partial charge is 0.226 e. The normalized spacial score (nSPS) is 18.5. The van der Waals surface area contributed by atoms with E-state index in [9.17, 15) is 9.90 Å². The molecule has 28 heavy (non-hydrogen) atoms. The highest BCUT2D eigenvalue weighted by Gasteiger charge is 2.36. The molecule has 3 aromatic rings. The van der Waals surface area contributed by atoms with Crippen molar-refractivity contribution in [2.45, 2.75) is 25.3 Å². The van der Waals surface area contributed by atoms with Crippen molar-refractivity contribution in [1.29, 1.82) is 0 Å². The highest BCUT2D eigenvalue weighted by atomic mass is 79.9. The van der Waals surface area contributed by atoms with Crippen molar-refractivity contribution in [3.05, 3.63) is 69.8 Å². The zero-order valence-corrected chi connectivity index (χ0v) is 16.5. The number of hydrogen-bond donors (Lipinski definition) is 2. The van der Waals surface area contributed by atoms with Gasteiger partial charge in [-0.15, -0.1) is 5.10 Å². The maximum absolute atomic E-state index is 12.8. The molecule has 0 amide bonds. The highest BCUT2D eigenvalue weighted by Crippen LogP contribution is 2.40. The number of aromatic nitrogens is 3. The van der Waals surface area contributed by atoms with Crippen molar-refractivity contribution in [3.8, 4) is 17.1 Å². The van der Waals surface area contributed by atoms with E-state index in [0.717, 1.165) is 39.7 Å². The fourth-order valence-electron chi connectivity index (χ4n) is 3.84. The Bertz CT molecular complexity index is 1100. The summed E-state index contributed by atoms with van der Waals surface area (Å²) in [5, 5.41) is 17.6. The van der Waals surface area contributed by atoms with Crippen molar-refractivity contribution < 1.29 is 9.90 Å². The molecule has 140 valence electrons. The summed E-state index contributed by atoms with van der Waals surface area (Å²) in [5.74, 6) is 1.54. The fourth-order valence-corrected chi connectivity index (χ4v) is 4.11. The highest BCUT2D eigenvalue weighted by molar-refractivity contribution is 9.10. The summed E-state index contributed by atoms with van der Waals surface area (Å²) < 4.78 is 2.78. The number of Topliss-reactive ketones (excluding diaryl/α,β-unsaturated/α-hetero) is 1. The third-order valence-electron chi connectivity index (χ3n) is 5.18. The van der Waals surface area contributed by atoms with E-state index in [1.807, 2.05) is 24.3 Å². The summed E-state index contributed by atoms with van der Waals surface area (Å²) in [7, 11) is 0. The standard InChI is InChI=1S/C21H17BrN4O2/c22-14-8-4-12(5-9-14)19-18-16(2-1-3-17(18)28)23-21-24-20(25-26(19)21)13-6-10-15(27)11-7-13/h4-11,19,27H,1-3H2,(H,23,24,25). The number of anilines is 1. The molecule has 7 heteroatoms. The minimum Gasteiger partial charge on any atom is -0.508 e. The Hall–Kier alpha value is -2.93. The molecule has 0 saturated heterocycles. The van der Waals surface area contributed by atoms with Crippen LogP contribution in [0, 0.1) is 0 Å². The Labute approximate surface area is 170 Å². The average molecular weight is 437 g/mol. The number of allylic oxidation sites excluding steroid dienone is 2. The fraction of sp³-hybridized carbons (Fsp3) is 0.190. The van der Waals surface area contributed by atoms with Crippen LogP contribution in [0.15, 0.2) is 64.3 Å². The van der Waals surface area contributed by atoms with Crippen LogP contribution in [0.25, 0.3) is 11.4 Å². The molecule has 2 heterocycles. The lowest BCUT2D eigenvalue weighted by Crippen LogP contribution is -2.31. The lowest BCUT2D eigenvalue weighted by Gasteiger charge is -2.32. The molecule has 5 rings (SSSR count). The van der Waals surface area contributed by atoms with Gasteiger partial charge in [0.15, 0.2) is 11.6 Å². The van der Waals surface area contributed by atoms with Crippen LogP contribution in [0.4, 0.5) is 5.95 Å². The molecule has 1 aliphatic heterocycles. The van der Waals surface area contributed by atoms with Gasteiger partial charge >= 0.3 is 0 Å². The van der Waals surface area contributed by atoms with Crippen LogP contribution in [-0.2, 0) is 4.79 Å². The van der Waals surface area contributed by atoms with Gasteiger partial charge in [0, 0.05) is 27.7 Å². The van der Waals surface area contributed by atoms with Crippen LogP contribution in [0.3, 0.4) is 0 Å². The molecule has 0 radical (unpaired) electrons. The molecule has 6 nitrogen and oxygen atoms in total. The number of benzene rings is 2. The van der Waals surface area contributed by atoms with Gasteiger partial charge in [0.05, 0.1) is 0 Å². The molecule has 2 N–H and O–H groups in total. The third kappa shape index (κ3) is 2.82. The Balaban J connectivity index is 1.66. The molecular weight excluding hydrogens is 420 g/mol. The SMILES string of the molecule is O=C1CCCC2=C1C(c1ccc(Br)cc1)n1nc(-c3ccc(O)cc3)nc1N2. The van der Waals surface area contributed by atoms with Crippen molar-refractivity contribution in [2.75, 3.05) is 5.32 Å². The Morgan fingerprint density at radius 3 is 2.57 bits per heavy atom. The molecule has 2 aromatic carbocycles. The second-order valence-corrected chi connectivity index (χ2v) is 7.91. The van der Waals surface area contributed by atoms with Crippen molar-refractivity contribution in [2.24, 2.45) is 0 Å². The van der Waals surface area contributed by atoms with Gasteiger partial charge in [0.2, 0.25) is 5.95 Å². The molecule has 2 aliphatic rings. The molecule has 1 aliphatic carbocycles. The Kier molecular flexibility index (Phi) is 4.05. The minimum atomic E-state index is -0.300. The zero-order chi connectivity index (χ0) is 19.3. The number of rotatable bonds is 2. The lowest BCUT2D eigenvalue weighted by molar-refractivity contribution is -0.116. The van der Waals surface area contributed by atoms with Crippen LogP contribution in [-0.4, -0.2) is 25.7 Å². The number of carbonyl (C=O) groups excluding carboxylic acids is 1. The van der Waals surface area contributed by atoms with Crippen molar-refractivity contribution in [3.63, 3.8) is 0 Å². The summed E-state index contributed by atoms with van der Waals surface area (Å²) in [6, 6.07) is 14.5. The maximum atomic E-state index is 12.8. The van der Waals surface area contributed by atoms with Crippen LogP contribution >= 0.6 is 15.9 Å². The van der Waals surface area contributed by atoms with E-state index in [4.69, 9.17) is 5.10 Å². The summed E-state index contributed by atoms with van der Waals surface area (Å²) in [6.07, 6.45) is 2.23. The number of aromatic hydroxyl groups is 1. The summed E-state index contributed by atoms with van der Waals surface area (Å²) in [4.78, 5) is 17.5. The molecule has 0 fully saturated rings. The van der Waals surface area contributed by atoms with Gasteiger partial charge in [-0.2, -0.15) is 4.98 Å². The molecule has 1 aromatic heterocycles. The average Bonchev–Trinajstić information content (AvgIpc) is 3.11. The predicted octanol–water partition coefficient (Wildman–Crippen LogP) is 4.44. The van der Waals surface area contributed by atoms with Gasteiger partial charge in [-0.1, -0.05) is 28.1 Å². The number of phenols is 1. The van der Waals surface area contributed by atoms with E-state index < -0.39 is 0 Å². The monoisotopic (exact) mass is 436 g/mol. The largest absolute Gasteiger partial charge is 0.508 e. The Morgan fingerprint density at radius 2 is 1.82 bits per heavy atom. The number of carbonyl (C=O) groups is 1. The molecule has 0 saturated carbocycles. The van der Waals surface area contributed by atoms with E-state index in [0.29, 0.717) is 18.2 Å². The molecule has 0 bridgehead atoms. The quantitative estimate of drug-likeness (QED) is 0.620.